The van der Waals surface area contributed by atoms with Gasteiger partial charge < -0.3 is 14.2 Å². The number of carbonyl (C=O) groups is 2. The third kappa shape index (κ3) is 5.20. The van der Waals surface area contributed by atoms with Gasteiger partial charge in [0.25, 0.3) is 5.91 Å². The topological polar surface area (TPSA) is 86.2 Å². The molecule has 1 aromatic heterocycles. The second-order valence-corrected chi connectivity index (χ2v) is 5.93. The first-order valence-corrected chi connectivity index (χ1v) is 8.25. The number of methoxy groups -OCH3 is 2. The Morgan fingerprint density at radius 2 is 2.16 bits per heavy atom. The Labute approximate surface area is 153 Å². The van der Waals surface area contributed by atoms with Crippen molar-refractivity contribution >= 4 is 41.0 Å². The molecule has 1 heterocycles. The van der Waals surface area contributed by atoms with Crippen LogP contribution in [0.5, 0.6) is 11.5 Å². The summed E-state index contributed by atoms with van der Waals surface area (Å²) in [6, 6.07) is 6.65. The van der Waals surface area contributed by atoms with Crippen molar-refractivity contribution < 1.29 is 23.8 Å². The molecule has 0 radical (unpaired) electrons. The van der Waals surface area contributed by atoms with Crippen LogP contribution < -0.4 is 14.9 Å². The zero-order valence-electron chi connectivity index (χ0n) is 13.4. The monoisotopic (exact) mass is 382 g/mol. The zero-order chi connectivity index (χ0) is 18.2. The first kappa shape index (κ1) is 18.8. The maximum atomic E-state index is 11.8. The van der Waals surface area contributed by atoms with Crippen LogP contribution in [-0.2, 0) is 9.53 Å². The number of ether oxygens (including phenoxy) is 3. The van der Waals surface area contributed by atoms with E-state index in [-0.39, 0.29) is 23.3 Å². The fraction of sp³-hybridized carbons (Fsp3) is 0.188. The fourth-order valence-electron chi connectivity index (χ4n) is 1.77. The van der Waals surface area contributed by atoms with Crippen LogP contribution in [0.4, 0.5) is 0 Å². The summed E-state index contributed by atoms with van der Waals surface area (Å²) in [5.74, 6) is -0.306. The van der Waals surface area contributed by atoms with Crippen molar-refractivity contribution in [3.8, 4) is 11.5 Å². The quantitative estimate of drug-likeness (QED) is 0.452. The molecule has 132 valence electrons. The molecule has 0 aliphatic carbocycles. The standard InChI is InChI=1S/C16H15ClN2O5S/c1-22-12-7-10(6-11(17)15(12)24-9-14(20)23-2)8-18-19-16(21)13-4-3-5-25-13/h3-8H,9H2,1-2H3,(H,19,21)/b18-8-. The number of hydrogen-bond donors (Lipinski definition) is 1. The van der Waals surface area contributed by atoms with Crippen molar-refractivity contribution in [2.75, 3.05) is 20.8 Å². The Morgan fingerprint density at radius 1 is 1.36 bits per heavy atom. The maximum Gasteiger partial charge on any atom is 0.343 e. The van der Waals surface area contributed by atoms with Crippen LogP contribution in [0.1, 0.15) is 15.2 Å². The Hall–Kier alpha value is -2.58. The van der Waals surface area contributed by atoms with Gasteiger partial charge in [0.1, 0.15) is 0 Å². The predicted molar refractivity (Wildman–Crippen MR) is 94.9 cm³/mol. The largest absolute Gasteiger partial charge is 0.493 e. The third-order valence-corrected chi connectivity index (χ3v) is 4.09. The Morgan fingerprint density at radius 3 is 2.80 bits per heavy atom. The molecule has 9 heteroatoms. The number of hydrazone groups is 1. The molecule has 7 nitrogen and oxygen atoms in total. The molecule has 0 aliphatic rings. The number of thiophene rings is 1. The Balaban J connectivity index is 2.08. The number of benzene rings is 1. The van der Waals surface area contributed by atoms with Crippen LogP contribution in [-0.4, -0.2) is 38.9 Å². The van der Waals surface area contributed by atoms with Gasteiger partial charge in [0, 0.05) is 0 Å². The van der Waals surface area contributed by atoms with Crippen molar-refractivity contribution in [3.63, 3.8) is 0 Å². The highest BCUT2D eigenvalue weighted by molar-refractivity contribution is 7.12. The summed E-state index contributed by atoms with van der Waals surface area (Å²) in [6.07, 6.45) is 1.42. The van der Waals surface area contributed by atoms with Crippen molar-refractivity contribution in [2.45, 2.75) is 0 Å². The first-order chi connectivity index (χ1) is 12.0. The summed E-state index contributed by atoms with van der Waals surface area (Å²) in [5, 5.41) is 5.92. The number of nitrogens with one attached hydrogen (secondary N) is 1. The van der Waals surface area contributed by atoms with E-state index in [4.69, 9.17) is 21.1 Å². The van der Waals surface area contributed by atoms with Crippen LogP contribution >= 0.6 is 22.9 Å². The molecule has 1 amide bonds. The van der Waals surface area contributed by atoms with E-state index in [0.717, 1.165) is 0 Å². The van der Waals surface area contributed by atoms with E-state index in [2.05, 4.69) is 15.3 Å². The van der Waals surface area contributed by atoms with Gasteiger partial charge in [-0.2, -0.15) is 5.10 Å². The van der Waals surface area contributed by atoms with Crippen LogP contribution in [0.3, 0.4) is 0 Å². The average molecular weight is 383 g/mol. The lowest BCUT2D eigenvalue weighted by atomic mass is 10.2. The van der Waals surface area contributed by atoms with Gasteiger partial charge in [-0.05, 0) is 29.1 Å². The highest BCUT2D eigenvalue weighted by atomic mass is 35.5. The van der Waals surface area contributed by atoms with Crippen molar-refractivity contribution in [1.29, 1.82) is 0 Å². The summed E-state index contributed by atoms with van der Waals surface area (Å²) >= 11 is 7.47. The number of nitrogens with zero attached hydrogens (tertiary/aromatic N) is 1. The van der Waals surface area contributed by atoms with E-state index >= 15 is 0 Å². The normalized spacial score (nSPS) is 10.5. The van der Waals surface area contributed by atoms with Gasteiger partial charge in [0.15, 0.2) is 18.1 Å². The second kappa shape index (κ2) is 9.05. The molecule has 0 unspecified atom stereocenters. The molecule has 0 fully saturated rings. The number of halogens is 1. The van der Waals surface area contributed by atoms with Crippen LogP contribution in [0, 0.1) is 0 Å². The van der Waals surface area contributed by atoms with E-state index in [1.165, 1.54) is 31.8 Å². The smallest absolute Gasteiger partial charge is 0.343 e. The van der Waals surface area contributed by atoms with E-state index in [9.17, 15) is 9.59 Å². The molecule has 1 aromatic carbocycles. The maximum absolute atomic E-state index is 11.8. The summed E-state index contributed by atoms with van der Waals surface area (Å²) in [6.45, 7) is -0.295. The summed E-state index contributed by atoms with van der Waals surface area (Å²) in [7, 11) is 2.70. The van der Waals surface area contributed by atoms with Crippen LogP contribution in [0.25, 0.3) is 0 Å². The van der Waals surface area contributed by atoms with E-state index < -0.39 is 5.97 Å². The molecule has 0 spiro atoms. The van der Waals surface area contributed by atoms with Crippen LogP contribution in [0.15, 0.2) is 34.7 Å². The van der Waals surface area contributed by atoms with Crippen molar-refractivity contribution in [2.24, 2.45) is 5.10 Å². The number of carbonyl (C=O) groups excluding carboxylic acids is 2. The molecular weight excluding hydrogens is 368 g/mol. The molecule has 0 bridgehead atoms. The predicted octanol–water partition coefficient (Wildman–Crippen LogP) is 2.73. The molecule has 25 heavy (non-hydrogen) atoms. The fourth-order valence-corrected chi connectivity index (χ4v) is 2.66. The van der Waals surface area contributed by atoms with Gasteiger partial charge >= 0.3 is 5.97 Å². The second-order valence-electron chi connectivity index (χ2n) is 4.58. The van der Waals surface area contributed by atoms with Gasteiger partial charge in [0.2, 0.25) is 0 Å². The number of amides is 1. The number of hydrogen-bond acceptors (Lipinski definition) is 7. The lowest BCUT2D eigenvalue weighted by Crippen LogP contribution is -2.16. The minimum absolute atomic E-state index is 0.217. The molecule has 0 saturated heterocycles. The highest BCUT2D eigenvalue weighted by Crippen LogP contribution is 2.36. The lowest BCUT2D eigenvalue weighted by molar-refractivity contribution is -0.142. The van der Waals surface area contributed by atoms with Gasteiger partial charge in [-0.1, -0.05) is 17.7 Å². The Kier molecular flexibility index (Phi) is 6.79. The average Bonchev–Trinajstić information content (AvgIpc) is 3.14. The molecule has 2 rings (SSSR count). The molecule has 0 aliphatic heterocycles. The van der Waals surface area contributed by atoms with E-state index in [0.29, 0.717) is 16.2 Å². The molecule has 1 N–H and O–H groups in total. The SMILES string of the molecule is COC(=O)COc1c(Cl)cc(/C=N\NC(=O)c2cccs2)cc1OC. The van der Waals surface area contributed by atoms with Gasteiger partial charge in [0.05, 0.1) is 30.3 Å². The lowest BCUT2D eigenvalue weighted by Gasteiger charge is -2.12. The van der Waals surface area contributed by atoms with E-state index in [1.807, 2.05) is 0 Å². The van der Waals surface area contributed by atoms with Crippen molar-refractivity contribution in [1.82, 2.24) is 5.43 Å². The third-order valence-electron chi connectivity index (χ3n) is 2.94. The van der Waals surface area contributed by atoms with Crippen LogP contribution in [0.2, 0.25) is 5.02 Å². The Bertz CT molecular complexity index is 777. The van der Waals surface area contributed by atoms with E-state index in [1.54, 1.807) is 29.6 Å². The summed E-state index contributed by atoms with van der Waals surface area (Å²) < 4.78 is 15.0. The highest BCUT2D eigenvalue weighted by Gasteiger charge is 2.13. The minimum atomic E-state index is -0.542. The molecule has 0 atom stereocenters. The first-order valence-electron chi connectivity index (χ1n) is 6.99. The summed E-state index contributed by atoms with van der Waals surface area (Å²) in [4.78, 5) is 23.5. The summed E-state index contributed by atoms with van der Waals surface area (Å²) in [5.41, 5.74) is 3.00. The minimum Gasteiger partial charge on any atom is -0.493 e. The van der Waals surface area contributed by atoms with Gasteiger partial charge in [-0.15, -0.1) is 11.3 Å². The van der Waals surface area contributed by atoms with Gasteiger partial charge in [-0.25, -0.2) is 10.2 Å². The molecule has 0 saturated carbocycles. The van der Waals surface area contributed by atoms with Gasteiger partial charge in [-0.3, -0.25) is 4.79 Å². The van der Waals surface area contributed by atoms with Crippen molar-refractivity contribution in [3.05, 3.63) is 45.1 Å². The number of rotatable bonds is 7. The molecule has 2 aromatic rings. The molecular formula is C16H15ClN2O5S. The zero-order valence-corrected chi connectivity index (χ0v) is 15.0. The number of esters is 1.